The van der Waals surface area contributed by atoms with Crippen molar-refractivity contribution in [2.45, 2.75) is 13.5 Å². The highest BCUT2D eigenvalue weighted by molar-refractivity contribution is 5.87. The largest absolute Gasteiger partial charge is 0.478 e. The summed E-state index contributed by atoms with van der Waals surface area (Å²) in [4.78, 5) is 10.7. The summed E-state index contributed by atoms with van der Waals surface area (Å²) < 4.78 is 13.5. The van der Waals surface area contributed by atoms with Crippen LogP contribution in [0.2, 0.25) is 0 Å². The minimum absolute atomic E-state index is 0.229. The van der Waals surface area contributed by atoms with Gasteiger partial charge in [-0.25, -0.2) is 9.18 Å². The monoisotopic (exact) mass is 259 g/mol. The average Bonchev–Trinajstić information content (AvgIpc) is 2.40. The number of hydrogen-bond acceptors (Lipinski definition) is 2. The Morgan fingerprint density at radius 3 is 2.53 bits per heavy atom. The number of carbonyl (C=O) groups is 1. The Labute approximate surface area is 110 Å². The van der Waals surface area contributed by atoms with Crippen LogP contribution in [-0.2, 0) is 6.54 Å². The zero-order valence-corrected chi connectivity index (χ0v) is 10.5. The first-order chi connectivity index (χ1) is 9.06. The van der Waals surface area contributed by atoms with Gasteiger partial charge in [0, 0.05) is 17.8 Å². The Hall–Kier alpha value is -2.36. The van der Waals surface area contributed by atoms with Crippen molar-refractivity contribution in [1.29, 1.82) is 0 Å². The van der Waals surface area contributed by atoms with Crippen LogP contribution in [-0.4, -0.2) is 11.1 Å². The topological polar surface area (TPSA) is 49.3 Å². The van der Waals surface area contributed by atoms with Crippen molar-refractivity contribution < 1.29 is 14.3 Å². The van der Waals surface area contributed by atoms with Crippen molar-refractivity contribution in [3.8, 4) is 0 Å². The summed E-state index contributed by atoms with van der Waals surface area (Å²) in [6.45, 7) is 2.27. The van der Waals surface area contributed by atoms with Crippen LogP contribution in [0.3, 0.4) is 0 Å². The van der Waals surface area contributed by atoms with E-state index in [1.807, 2.05) is 6.92 Å². The quantitative estimate of drug-likeness (QED) is 0.884. The van der Waals surface area contributed by atoms with Crippen LogP contribution in [0.1, 0.15) is 21.5 Å². The molecule has 2 rings (SSSR count). The first-order valence-corrected chi connectivity index (χ1v) is 5.88. The molecule has 2 N–H and O–H groups in total. The predicted octanol–water partition coefficient (Wildman–Crippen LogP) is 3.44. The van der Waals surface area contributed by atoms with Crippen LogP contribution in [0.25, 0.3) is 0 Å². The van der Waals surface area contributed by atoms with E-state index in [0.29, 0.717) is 12.1 Å². The second-order valence-electron chi connectivity index (χ2n) is 4.33. The normalized spacial score (nSPS) is 10.2. The molecule has 2 aromatic carbocycles. The molecule has 0 fully saturated rings. The number of aryl methyl sites for hydroxylation is 1. The van der Waals surface area contributed by atoms with Gasteiger partial charge < -0.3 is 10.4 Å². The van der Waals surface area contributed by atoms with Gasteiger partial charge in [-0.15, -0.1) is 0 Å². The van der Waals surface area contributed by atoms with Crippen LogP contribution < -0.4 is 5.32 Å². The van der Waals surface area contributed by atoms with Gasteiger partial charge in [-0.05, 0) is 37.3 Å². The fourth-order valence-electron chi connectivity index (χ4n) is 1.77. The van der Waals surface area contributed by atoms with E-state index in [1.54, 1.807) is 24.3 Å². The molecule has 0 unspecified atom stereocenters. The standard InChI is InChI=1S/C15H14FNO2/c1-10-2-7-14(16)12(8-10)9-17-13-5-3-11(4-6-13)15(18)19/h2-8,17H,9H2,1H3,(H,18,19). The Balaban J connectivity index is 2.06. The van der Waals surface area contributed by atoms with Crippen LogP contribution in [0.4, 0.5) is 10.1 Å². The first-order valence-electron chi connectivity index (χ1n) is 5.88. The summed E-state index contributed by atoms with van der Waals surface area (Å²) >= 11 is 0. The van der Waals surface area contributed by atoms with E-state index >= 15 is 0 Å². The lowest BCUT2D eigenvalue weighted by Crippen LogP contribution is -2.03. The molecule has 2 aromatic rings. The van der Waals surface area contributed by atoms with E-state index < -0.39 is 5.97 Å². The summed E-state index contributed by atoms with van der Waals surface area (Å²) in [5.74, 6) is -1.21. The van der Waals surface area contributed by atoms with Crippen molar-refractivity contribution in [1.82, 2.24) is 0 Å². The maximum Gasteiger partial charge on any atom is 0.335 e. The molecule has 0 bridgehead atoms. The van der Waals surface area contributed by atoms with Crippen LogP contribution in [0.5, 0.6) is 0 Å². The summed E-state index contributed by atoms with van der Waals surface area (Å²) in [5.41, 5.74) is 2.57. The van der Waals surface area contributed by atoms with Gasteiger partial charge in [-0.3, -0.25) is 0 Å². The van der Waals surface area contributed by atoms with Crippen LogP contribution in [0.15, 0.2) is 42.5 Å². The molecule has 0 amide bonds. The lowest BCUT2D eigenvalue weighted by molar-refractivity contribution is 0.0697. The van der Waals surface area contributed by atoms with E-state index in [4.69, 9.17) is 5.11 Å². The van der Waals surface area contributed by atoms with Gasteiger partial charge in [0.1, 0.15) is 5.82 Å². The van der Waals surface area contributed by atoms with Crippen molar-refractivity contribution in [3.05, 3.63) is 65.0 Å². The number of benzene rings is 2. The van der Waals surface area contributed by atoms with E-state index in [-0.39, 0.29) is 11.4 Å². The van der Waals surface area contributed by atoms with Gasteiger partial charge in [0.05, 0.1) is 5.56 Å². The molecule has 0 atom stereocenters. The molecule has 0 spiro atoms. The average molecular weight is 259 g/mol. The molecule has 0 aliphatic rings. The molecule has 0 heterocycles. The Bertz CT molecular complexity index is 594. The smallest absolute Gasteiger partial charge is 0.335 e. The molecule has 0 saturated heterocycles. The summed E-state index contributed by atoms with van der Waals surface area (Å²) in [7, 11) is 0. The molecule has 0 aliphatic heterocycles. The van der Waals surface area contributed by atoms with Gasteiger partial charge in [-0.1, -0.05) is 17.7 Å². The predicted molar refractivity (Wildman–Crippen MR) is 71.9 cm³/mol. The zero-order chi connectivity index (χ0) is 13.8. The highest BCUT2D eigenvalue weighted by Crippen LogP contribution is 2.14. The highest BCUT2D eigenvalue weighted by Gasteiger charge is 2.04. The molecule has 0 saturated carbocycles. The number of nitrogens with one attached hydrogen (secondary N) is 1. The zero-order valence-electron chi connectivity index (χ0n) is 10.5. The number of hydrogen-bond donors (Lipinski definition) is 2. The fourth-order valence-corrected chi connectivity index (χ4v) is 1.77. The van der Waals surface area contributed by atoms with Crippen LogP contribution >= 0.6 is 0 Å². The van der Waals surface area contributed by atoms with E-state index in [1.165, 1.54) is 18.2 Å². The van der Waals surface area contributed by atoms with Gasteiger partial charge in [0.2, 0.25) is 0 Å². The second-order valence-corrected chi connectivity index (χ2v) is 4.33. The van der Waals surface area contributed by atoms with Gasteiger partial charge in [0.15, 0.2) is 0 Å². The molecular formula is C15H14FNO2. The minimum Gasteiger partial charge on any atom is -0.478 e. The Morgan fingerprint density at radius 1 is 1.21 bits per heavy atom. The van der Waals surface area contributed by atoms with Crippen molar-refractivity contribution in [2.24, 2.45) is 0 Å². The van der Waals surface area contributed by atoms with Gasteiger partial charge in [-0.2, -0.15) is 0 Å². The van der Waals surface area contributed by atoms with Crippen molar-refractivity contribution in [2.75, 3.05) is 5.32 Å². The molecule has 98 valence electrons. The number of carboxylic acids is 1. The van der Waals surface area contributed by atoms with Crippen molar-refractivity contribution in [3.63, 3.8) is 0 Å². The number of carboxylic acid groups (broad SMARTS) is 1. The highest BCUT2D eigenvalue weighted by atomic mass is 19.1. The number of aromatic carboxylic acids is 1. The van der Waals surface area contributed by atoms with E-state index in [0.717, 1.165) is 11.3 Å². The fraction of sp³-hybridized carbons (Fsp3) is 0.133. The maximum atomic E-state index is 13.5. The molecular weight excluding hydrogens is 245 g/mol. The lowest BCUT2D eigenvalue weighted by Gasteiger charge is -2.08. The second kappa shape index (κ2) is 5.52. The summed E-state index contributed by atoms with van der Waals surface area (Å²) in [6.07, 6.45) is 0. The van der Waals surface area contributed by atoms with E-state index in [9.17, 15) is 9.18 Å². The summed E-state index contributed by atoms with van der Waals surface area (Å²) in [5, 5.41) is 11.8. The molecule has 19 heavy (non-hydrogen) atoms. The molecule has 0 aromatic heterocycles. The third kappa shape index (κ3) is 3.31. The Kier molecular flexibility index (Phi) is 3.80. The minimum atomic E-state index is -0.962. The molecule has 4 heteroatoms. The lowest BCUT2D eigenvalue weighted by atomic mass is 10.1. The number of anilines is 1. The Morgan fingerprint density at radius 2 is 1.89 bits per heavy atom. The first kappa shape index (κ1) is 13.1. The number of halogens is 1. The SMILES string of the molecule is Cc1ccc(F)c(CNc2ccc(C(=O)O)cc2)c1. The summed E-state index contributed by atoms with van der Waals surface area (Å²) in [6, 6.07) is 11.3. The van der Waals surface area contributed by atoms with Gasteiger partial charge in [0.25, 0.3) is 0 Å². The van der Waals surface area contributed by atoms with E-state index in [2.05, 4.69) is 5.32 Å². The maximum absolute atomic E-state index is 13.5. The molecule has 0 aliphatic carbocycles. The number of rotatable bonds is 4. The van der Waals surface area contributed by atoms with Crippen molar-refractivity contribution >= 4 is 11.7 Å². The van der Waals surface area contributed by atoms with Crippen LogP contribution in [0, 0.1) is 12.7 Å². The molecule has 3 nitrogen and oxygen atoms in total. The third-order valence-corrected chi connectivity index (χ3v) is 2.82. The van der Waals surface area contributed by atoms with Gasteiger partial charge >= 0.3 is 5.97 Å². The molecule has 0 radical (unpaired) electrons. The third-order valence-electron chi connectivity index (χ3n) is 2.82.